The fraction of sp³-hybridized carbons (Fsp3) is 0.500. The highest BCUT2D eigenvalue weighted by molar-refractivity contribution is 5.92. The van der Waals surface area contributed by atoms with Crippen molar-refractivity contribution in [3.63, 3.8) is 0 Å². The molecule has 66 valence electrons. The highest BCUT2D eigenvalue weighted by atomic mass is 16.5. The van der Waals surface area contributed by atoms with E-state index in [2.05, 4.69) is 4.74 Å². The smallest absolute Gasteiger partial charge is 0.352 e. The third-order valence-corrected chi connectivity index (χ3v) is 1.20. The van der Waals surface area contributed by atoms with Gasteiger partial charge in [0, 0.05) is 0 Å². The third kappa shape index (κ3) is 3.62. The molecule has 0 amide bonds. The van der Waals surface area contributed by atoms with Gasteiger partial charge in [0.05, 0.1) is 6.61 Å². The molecule has 0 saturated carbocycles. The van der Waals surface area contributed by atoms with Crippen LogP contribution in [0.4, 0.5) is 0 Å². The van der Waals surface area contributed by atoms with Gasteiger partial charge in [-0.2, -0.15) is 5.26 Å². The Labute approximate surface area is 71.1 Å². The van der Waals surface area contributed by atoms with Crippen molar-refractivity contribution in [2.45, 2.75) is 19.8 Å². The van der Waals surface area contributed by atoms with Crippen molar-refractivity contribution < 1.29 is 14.6 Å². The Balaban J connectivity index is 3.81. The van der Waals surface area contributed by atoms with E-state index in [0.717, 1.165) is 12.8 Å². The van der Waals surface area contributed by atoms with E-state index in [1.807, 2.05) is 6.92 Å². The summed E-state index contributed by atoms with van der Waals surface area (Å²) in [6.07, 6.45) is 2.13. The van der Waals surface area contributed by atoms with E-state index < -0.39 is 5.97 Å². The Morgan fingerprint density at radius 2 is 2.42 bits per heavy atom. The largest absolute Gasteiger partial charge is 0.514 e. The summed E-state index contributed by atoms with van der Waals surface area (Å²) in [6.45, 7) is 2.25. The van der Waals surface area contributed by atoms with E-state index in [1.54, 1.807) is 0 Å². The van der Waals surface area contributed by atoms with Crippen molar-refractivity contribution in [3.05, 3.63) is 11.8 Å². The third-order valence-electron chi connectivity index (χ3n) is 1.20. The average Bonchev–Trinajstić information content (AvgIpc) is 2.07. The Hall–Kier alpha value is -1.50. The number of ether oxygens (including phenoxy) is 1. The Bertz CT molecular complexity index is 215. The molecule has 0 spiro atoms. The van der Waals surface area contributed by atoms with Gasteiger partial charge in [0.2, 0.25) is 0 Å². The number of rotatable bonds is 4. The lowest BCUT2D eigenvalue weighted by Crippen LogP contribution is -2.07. The number of carbonyl (C=O) groups excluding carboxylic acids is 1. The summed E-state index contributed by atoms with van der Waals surface area (Å²) >= 11 is 0. The molecule has 0 bridgehead atoms. The molecular formula is C8H11NO3. The minimum atomic E-state index is -0.770. The summed E-state index contributed by atoms with van der Waals surface area (Å²) in [4.78, 5) is 10.8. The molecule has 0 aromatic carbocycles. The number of carbonyl (C=O) groups is 1. The van der Waals surface area contributed by atoms with E-state index in [4.69, 9.17) is 10.4 Å². The summed E-state index contributed by atoms with van der Waals surface area (Å²) in [7, 11) is 0. The van der Waals surface area contributed by atoms with Gasteiger partial charge in [-0.1, -0.05) is 13.3 Å². The molecule has 0 unspecified atom stereocenters. The topological polar surface area (TPSA) is 70.3 Å². The van der Waals surface area contributed by atoms with Gasteiger partial charge in [-0.05, 0) is 6.42 Å². The molecule has 0 aliphatic rings. The number of nitriles is 1. The zero-order valence-corrected chi connectivity index (χ0v) is 6.91. The van der Waals surface area contributed by atoms with Crippen LogP contribution >= 0.6 is 0 Å². The quantitative estimate of drug-likeness (QED) is 0.226. The van der Waals surface area contributed by atoms with Crippen molar-refractivity contribution >= 4 is 5.97 Å². The average molecular weight is 169 g/mol. The van der Waals surface area contributed by atoms with Gasteiger partial charge in [-0.15, -0.1) is 0 Å². The van der Waals surface area contributed by atoms with Crippen LogP contribution in [-0.2, 0) is 9.53 Å². The number of nitrogens with zero attached hydrogens (tertiary/aromatic N) is 1. The first kappa shape index (κ1) is 10.5. The number of aliphatic hydroxyl groups excluding tert-OH is 1. The molecule has 0 saturated heterocycles. The standard InChI is InChI=1S/C8H11NO3/c1-2-3-4-12-8(11)7(5-9)6-10/h6,10H,2-4H2,1H3/b7-6+. The van der Waals surface area contributed by atoms with Crippen LogP contribution in [0.25, 0.3) is 0 Å². The number of hydrogen-bond donors (Lipinski definition) is 1. The molecule has 0 heterocycles. The Morgan fingerprint density at radius 1 is 1.75 bits per heavy atom. The maximum Gasteiger partial charge on any atom is 0.352 e. The first-order valence-electron chi connectivity index (χ1n) is 3.67. The van der Waals surface area contributed by atoms with Gasteiger partial charge in [0.1, 0.15) is 12.3 Å². The second kappa shape index (κ2) is 6.23. The van der Waals surface area contributed by atoms with Crippen LogP contribution < -0.4 is 0 Å². The van der Waals surface area contributed by atoms with Gasteiger partial charge in [0.25, 0.3) is 0 Å². The molecule has 0 radical (unpaired) electrons. The summed E-state index contributed by atoms with van der Waals surface area (Å²) < 4.78 is 4.64. The molecule has 0 fully saturated rings. The van der Waals surface area contributed by atoms with E-state index in [1.165, 1.54) is 6.07 Å². The number of hydrogen-bond acceptors (Lipinski definition) is 4. The van der Waals surface area contributed by atoms with Crippen molar-refractivity contribution in [2.75, 3.05) is 6.61 Å². The maximum absolute atomic E-state index is 10.8. The predicted molar refractivity (Wildman–Crippen MR) is 42.2 cm³/mol. The number of unbranched alkanes of at least 4 members (excludes halogenated alkanes) is 1. The Kier molecular flexibility index (Phi) is 5.45. The van der Waals surface area contributed by atoms with Gasteiger partial charge in [0.15, 0.2) is 5.57 Å². The highest BCUT2D eigenvalue weighted by Gasteiger charge is 2.09. The summed E-state index contributed by atoms with van der Waals surface area (Å²) in [5, 5.41) is 16.6. The lowest BCUT2D eigenvalue weighted by molar-refractivity contribution is -0.138. The molecule has 0 aromatic rings. The highest BCUT2D eigenvalue weighted by Crippen LogP contribution is 1.96. The van der Waals surface area contributed by atoms with E-state index in [0.29, 0.717) is 6.26 Å². The van der Waals surface area contributed by atoms with Crippen LogP contribution in [0.2, 0.25) is 0 Å². The molecule has 0 rings (SSSR count). The molecule has 4 heteroatoms. The normalized spacial score (nSPS) is 10.5. The van der Waals surface area contributed by atoms with E-state index in [9.17, 15) is 4.79 Å². The zero-order chi connectivity index (χ0) is 9.40. The fourth-order valence-electron chi connectivity index (χ4n) is 0.514. The zero-order valence-electron chi connectivity index (χ0n) is 6.91. The monoisotopic (exact) mass is 169 g/mol. The van der Waals surface area contributed by atoms with Crippen LogP contribution in [0.1, 0.15) is 19.8 Å². The predicted octanol–water partition coefficient (Wildman–Crippen LogP) is 1.30. The van der Waals surface area contributed by atoms with E-state index in [-0.39, 0.29) is 12.2 Å². The molecule has 0 aromatic heterocycles. The maximum atomic E-state index is 10.8. The lowest BCUT2D eigenvalue weighted by atomic mass is 10.3. The second-order valence-electron chi connectivity index (χ2n) is 2.14. The van der Waals surface area contributed by atoms with E-state index >= 15 is 0 Å². The van der Waals surface area contributed by atoms with Gasteiger partial charge in [-0.25, -0.2) is 4.79 Å². The molecular weight excluding hydrogens is 158 g/mol. The molecule has 0 aliphatic carbocycles. The van der Waals surface area contributed by atoms with Crippen molar-refractivity contribution in [1.29, 1.82) is 5.26 Å². The number of esters is 1. The number of aliphatic hydroxyl groups is 1. The fourth-order valence-corrected chi connectivity index (χ4v) is 0.514. The molecule has 1 N–H and O–H groups in total. The summed E-state index contributed by atoms with van der Waals surface area (Å²) in [5.41, 5.74) is -0.369. The summed E-state index contributed by atoms with van der Waals surface area (Å²) in [5.74, 6) is -0.770. The minimum Gasteiger partial charge on any atom is -0.514 e. The SMILES string of the molecule is CCCCOC(=O)/C(C#N)=C/O. The van der Waals surface area contributed by atoms with Gasteiger partial charge >= 0.3 is 5.97 Å². The van der Waals surface area contributed by atoms with Crippen LogP contribution in [0, 0.1) is 11.3 Å². The van der Waals surface area contributed by atoms with Crippen LogP contribution in [-0.4, -0.2) is 17.7 Å². The lowest BCUT2D eigenvalue weighted by Gasteiger charge is -2.00. The first-order valence-corrected chi connectivity index (χ1v) is 3.67. The summed E-state index contributed by atoms with van der Waals surface area (Å²) in [6, 6.07) is 1.51. The van der Waals surface area contributed by atoms with Crippen LogP contribution in [0.5, 0.6) is 0 Å². The molecule has 12 heavy (non-hydrogen) atoms. The Morgan fingerprint density at radius 3 is 2.83 bits per heavy atom. The molecule has 4 nitrogen and oxygen atoms in total. The van der Waals surface area contributed by atoms with Crippen LogP contribution in [0.3, 0.4) is 0 Å². The van der Waals surface area contributed by atoms with Crippen molar-refractivity contribution in [1.82, 2.24) is 0 Å². The second-order valence-corrected chi connectivity index (χ2v) is 2.14. The molecule has 0 atom stereocenters. The van der Waals surface area contributed by atoms with Gasteiger partial charge in [-0.3, -0.25) is 0 Å². The van der Waals surface area contributed by atoms with Crippen molar-refractivity contribution in [3.8, 4) is 6.07 Å². The minimum absolute atomic E-state index is 0.286. The van der Waals surface area contributed by atoms with Gasteiger partial charge < -0.3 is 9.84 Å². The van der Waals surface area contributed by atoms with Crippen molar-refractivity contribution in [2.24, 2.45) is 0 Å². The molecule has 0 aliphatic heterocycles. The van der Waals surface area contributed by atoms with Crippen LogP contribution in [0.15, 0.2) is 11.8 Å². The first-order chi connectivity index (χ1) is 5.76.